The Morgan fingerprint density at radius 3 is 2.39 bits per heavy atom. The van der Waals surface area contributed by atoms with Crippen LogP contribution in [-0.2, 0) is 6.54 Å². The fourth-order valence-corrected chi connectivity index (χ4v) is 2.73. The maximum atomic E-state index is 12.4. The molecule has 0 radical (unpaired) electrons. The van der Waals surface area contributed by atoms with Crippen molar-refractivity contribution in [1.29, 1.82) is 0 Å². The number of nitrogens with one attached hydrogen (secondary N) is 2. The Bertz CT molecular complexity index is 1000. The van der Waals surface area contributed by atoms with Gasteiger partial charge in [0.1, 0.15) is 0 Å². The molecule has 0 fully saturated rings. The number of benzene rings is 2. The first-order valence-electron chi connectivity index (χ1n) is 8.68. The zero-order valence-electron chi connectivity index (χ0n) is 14.8. The summed E-state index contributed by atoms with van der Waals surface area (Å²) in [5, 5.41) is 5.60. The summed E-state index contributed by atoms with van der Waals surface area (Å²) in [5.41, 5.74) is 2.29. The molecule has 1 aliphatic rings. The smallest absolute Gasteiger partial charge is 0.255 e. The fraction of sp³-hybridized carbons (Fsp3) is 0.0952. The third-order valence-electron chi connectivity index (χ3n) is 4.20. The average Bonchev–Trinajstić information content (AvgIpc) is 3.21. The molecule has 1 aromatic heterocycles. The minimum absolute atomic E-state index is 0.177. The lowest BCUT2D eigenvalue weighted by atomic mass is 10.1. The largest absolute Gasteiger partial charge is 0.454 e. The summed E-state index contributed by atoms with van der Waals surface area (Å²) in [5.74, 6) is 0.740. The molecule has 2 aromatic carbocycles. The van der Waals surface area contributed by atoms with Gasteiger partial charge in [-0.1, -0.05) is 6.07 Å². The van der Waals surface area contributed by atoms with Crippen LogP contribution in [0.2, 0.25) is 0 Å². The third-order valence-corrected chi connectivity index (χ3v) is 4.20. The summed E-state index contributed by atoms with van der Waals surface area (Å²) in [6.07, 6.45) is 1.68. The van der Waals surface area contributed by atoms with E-state index in [0.717, 1.165) is 5.69 Å². The van der Waals surface area contributed by atoms with Crippen molar-refractivity contribution in [2.45, 2.75) is 6.54 Å². The highest BCUT2D eigenvalue weighted by atomic mass is 16.7. The van der Waals surface area contributed by atoms with Crippen LogP contribution in [0.25, 0.3) is 0 Å². The number of aromatic nitrogens is 1. The van der Waals surface area contributed by atoms with Crippen LogP contribution in [0.1, 0.15) is 26.4 Å². The first kappa shape index (κ1) is 17.5. The van der Waals surface area contributed by atoms with Gasteiger partial charge in [0.05, 0.1) is 12.2 Å². The summed E-state index contributed by atoms with van der Waals surface area (Å²) in [7, 11) is 0. The molecule has 140 valence electrons. The molecule has 4 rings (SSSR count). The van der Waals surface area contributed by atoms with Crippen LogP contribution in [0.15, 0.2) is 66.9 Å². The predicted octanol–water partition coefficient (Wildman–Crippen LogP) is 2.99. The highest BCUT2D eigenvalue weighted by molar-refractivity contribution is 6.05. The maximum Gasteiger partial charge on any atom is 0.255 e. The van der Waals surface area contributed by atoms with E-state index in [1.165, 1.54) is 0 Å². The Kier molecular flexibility index (Phi) is 4.88. The van der Waals surface area contributed by atoms with E-state index in [9.17, 15) is 9.59 Å². The number of fused-ring (bicyclic) bond motifs is 1. The van der Waals surface area contributed by atoms with E-state index in [2.05, 4.69) is 15.6 Å². The number of anilines is 1. The van der Waals surface area contributed by atoms with Crippen LogP contribution in [0, 0.1) is 0 Å². The third kappa shape index (κ3) is 3.93. The van der Waals surface area contributed by atoms with Gasteiger partial charge in [-0.25, -0.2) is 0 Å². The van der Waals surface area contributed by atoms with Crippen molar-refractivity contribution in [3.63, 3.8) is 0 Å². The van der Waals surface area contributed by atoms with Crippen LogP contribution in [0.4, 0.5) is 5.69 Å². The van der Waals surface area contributed by atoms with Crippen molar-refractivity contribution in [2.75, 3.05) is 12.1 Å². The highest BCUT2D eigenvalue weighted by Gasteiger charge is 2.15. The summed E-state index contributed by atoms with van der Waals surface area (Å²) in [4.78, 5) is 28.8. The lowest BCUT2D eigenvalue weighted by Crippen LogP contribution is -2.23. The lowest BCUT2D eigenvalue weighted by molar-refractivity contribution is 0.0948. The Balaban J connectivity index is 1.37. The molecule has 2 heterocycles. The van der Waals surface area contributed by atoms with Crippen LogP contribution in [0.5, 0.6) is 11.5 Å². The second-order valence-corrected chi connectivity index (χ2v) is 6.10. The van der Waals surface area contributed by atoms with Gasteiger partial charge in [-0.05, 0) is 48.5 Å². The van der Waals surface area contributed by atoms with Crippen molar-refractivity contribution in [3.8, 4) is 11.5 Å². The number of nitrogens with zero attached hydrogens (tertiary/aromatic N) is 1. The number of hydrogen-bond donors (Lipinski definition) is 2. The lowest BCUT2D eigenvalue weighted by Gasteiger charge is -2.08. The van der Waals surface area contributed by atoms with E-state index in [1.807, 2.05) is 18.2 Å². The molecule has 0 unspecified atom stereocenters. The van der Waals surface area contributed by atoms with Gasteiger partial charge in [-0.3, -0.25) is 14.6 Å². The van der Waals surface area contributed by atoms with Gasteiger partial charge in [0.2, 0.25) is 6.79 Å². The van der Waals surface area contributed by atoms with Crippen molar-refractivity contribution in [1.82, 2.24) is 10.3 Å². The Morgan fingerprint density at radius 2 is 1.64 bits per heavy atom. The molecule has 0 spiro atoms. The van der Waals surface area contributed by atoms with E-state index in [0.29, 0.717) is 34.9 Å². The van der Waals surface area contributed by atoms with Gasteiger partial charge in [-0.15, -0.1) is 0 Å². The highest BCUT2D eigenvalue weighted by Crippen LogP contribution is 2.34. The number of amides is 2. The molecular formula is C21H17N3O4. The SMILES string of the molecule is O=C(NCc1ccccn1)c1ccc(C(=O)Nc2ccc3c(c2)OCO3)cc1. The Morgan fingerprint density at radius 1 is 0.893 bits per heavy atom. The molecule has 0 saturated heterocycles. The van der Waals surface area contributed by atoms with E-state index in [-0.39, 0.29) is 18.6 Å². The van der Waals surface area contributed by atoms with Crippen molar-refractivity contribution < 1.29 is 19.1 Å². The number of pyridine rings is 1. The molecule has 3 aromatic rings. The monoisotopic (exact) mass is 375 g/mol. The van der Waals surface area contributed by atoms with Gasteiger partial charge < -0.3 is 20.1 Å². The Hall–Kier alpha value is -3.87. The fourth-order valence-electron chi connectivity index (χ4n) is 2.73. The van der Waals surface area contributed by atoms with Crippen molar-refractivity contribution in [3.05, 3.63) is 83.7 Å². The van der Waals surface area contributed by atoms with Gasteiger partial charge in [0, 0.05) is 29.1 Å². The molecule has 28 heavy (non-hydrogen) atoms. The summed E-state index contributed by atoms with van der Waals surface area (Å²) < 4.78 is 10.6. The zero-order chi connectivity index (χ0) is 19.3. The molecule has 7 heteroatoms. The topological polar surface area (TPSA) is 89.6 Å². The quantitative estimate of drug-likeness (QED) is 0.716. The van der Waals surface area contributed by atoms with E-state index >= 15 is 0 Å². The van der Waals surface area contributed by atoms with Crippen LogP contribution >= 0.6 is 0 Å². The molecule has 2 N–H and O–H groups in total. The maximum absolute atomic E-state index is 12.4. The number of rotatable bonds is 5. The normalized spacial score (nSPS) is 11.7. The number of ether oxygens (including phenoxy) is 2. The van der Waals surface area contributed by atoms with Crippen molar-refractivity contribution >= 4 is 17.5 Å². The number of carbonyl (C=O) groups is 2. The molecule has 0 atom stereocenters. The molecule has 0 bridgehead atoms. The number of hydrogen-bond acceptors (Lipinski definition) is 5. The second kappa shape index (κ2) is 7.79. The van der Waals surface area contributed by atoms with Crippen LogP contribution < -0.4 is 20.1 Å². The van der Waals surface area contributed by atoms with Crippen LogP contribution in [-0.4, -0.2) is 23.6 Å². The van der Waals surface area contributed by atoms with Gasteiger partial charge >= 0.3 is 0 Å². The predicted molar refractivity (Wildman–Crippen MR) is 102 cm³/mol. The number of carbonyl (C=O) groups excluding carboxylic acids is 2. The van der Waals surface area contributed by atoms with Gasteiger partial charge in [-0.2, -0.15) is 0 Å². The van der Waals surface area contributed by atoms with Crippen molar-refractivity contribution in [2.24, 2.45) is 0 Å². The Labute approximate surface area is 161 Å². The first-order valence-corrected chi connectivity index (χ1v) is 8.68. The van der Waals surface area contributed by atoms with E-state index in [4.69, 9.17) is 9.47 Å². The summed E-state index contributed by atoms with van der Waals surface area (Å²) in [6.45, 7) is 0.516. The molecule has 0 aliphatic carbocycles. The zero-order valence-corrected chi connectivity index (χ0v) is 14.8. The molecule has 0 saturated carbocycles. The minimum Gasteiger partial charge on any atom is -0.454 e. The molecule has 2 amide bonds. The second-order valence-electron chi connectivity index (χ2n) is 6.10. The minimum atomic E-state index is -0.278. The average molecular weight is 375 g/mol. The van der Waals surface area contributed by atoms with Gasteiger partial charge in [0.15, 0.2) is 11.5 Å². The molecule has 1 aliphatic heterocycles. The summed E-state index contributed by atoms with van der Waals surface area (Å²) in [6, 6.07) is 17.2. The van der Waals surface area contributed by atoms with E-state index in [1.54, 1.807) is 48.7 Å². The van der Waals surface area contributed by atoms with E-state index < -0.39 is 0 Å². The standard InChI is InChI=1S/C21H17N3O4/c25-20(23-12-17-3-1-2-10-22-17)14-4-6-15(7-5-14)21(26)24-16-8-9-18-19(11-16)28-13-27-18/h1-11H,12-13H2,(H,23,25)(H,24,26). The van der Waals surface area contributed by atoms with Crippen LogP contribution in [0.3, 0.4) is 0 Å². The molecule has 7 nitrogen and oxygen atoms in total. The molecular weight excluding hydrogens is 358 g/mol. The first-order chi connectivity index (χ1) is 13.7. The van der Waals surface area contributed by atoms with Gasteiger partial charge in [0.25, 0.3) is 11.8 Å². The summed E-state index contributed by atoms with van der Waals surface area (Å²) >= 11 is 0.